The first-order chi connectivity index (χ1) is 14.2. The minimum Gasteiger partial charge on any atom is -0.329 e. The highest BCUT2D eigenvalue weighted by atomic mass is 19.4. The number of amides is 1. The number of carbonyl (C=O) groups excluding carboxylic acids is 2. The lowest BCUT2D eigenvalue weighted by molar-refractivity contribution is -0.247. The van der Waals surface area contributed by atoms with Crippen LogP contribution in [0.25, 0.3) is 5.57 Å². The highest BCUT2D eigenvalue weighted by Crippen LogP contribution is 2.33. The summed E-state index contributed by atoms with van der Waals surface area (Å²) in [5.74, 6) is -2.89. The number of allylic oxidation sites excluding steroid dienone is 1. The molecule has 2 N–H and O–H groups in total. The Morgan fingerprint density at radius 2 is 1.60 bits per heavy atom. The Hall–Kier alpha value is -3.33. The number of nitrogens with zero attached hydrogens (tertiary/aromatic N) is 2. The molecule has 158 valence electrons. The fraction of sp³-hybridized carbons (Fsp3) is 0.238. The zero-order valence-electron chi connectivity index (χ0n) is 16.1. The van der Waals surface area contributed by atoms with Gasteiger partial charge in [0, 0.05) is 7.05 Å². The van der Waals surface area contributed by atoms with E-state index in [9.17, 15) is 22.8 Å². The van der Waals surface area contributed by atoms with Crippen LogP contribution in [0.2, 0.25) is 0 Å². The van der Waals surface area contributed by atoms with Crippen molar-refractivity contribution < 1.29 is 27.6 Å². The summed E-state index contributed by atoms with van der Waals surface area (Å²) in [4.78, 5) is 30.2. The average Bonchev–Trinajstić information content (AvgIpc) is 2.73. The van der Waals surface area contributed by atoms with E-state index in [2.05, 4.69) is 4.84 Å². The highest BCUT2D eigenvalue weighted by Gasteiger charge is 2.46. The van der Waals surface area contributed by atoms with Crippen LogP contribution in [-0.2, 0) is 20.8 Å². The van der Waals surface area contributed by atoms with Crippen LogP contribution in [0, 0.1) is 0 Å². The summed E-state index contributed by atoms with van der Waals surface area (Å²) >= 11 is 0. The van der Waals surface area contributed by atoms with Gasteiger partial charge in [0.15, 0.2) is 6.29 Å². The van der Waals surface area contributed by atoms with E-state index in [4.69, 9.17) is 5.73 Å². The Kier molecular flexibility index (Phi) is 6.12. The molecule has 0 saturated carbocycles. The second-order valence-electron chi connectivity index (χ2n) is 6.71. The molecule has 6 nitrogen and oxygen atoms in total. The first-order valence-electron chi connectivity index (χ1n) is 9.13. The number of hydrogen-bond acceptors (Lipinski definition) is 5. The van der Waals surface area contributed by atoms with Crippen molar-refractivity contribution in [3.05, 3.63) is 77.5 Å². The molecule has 1 aliphatic heterocycles. The molecule has 0 spiro atoms. The third-order valence-corrected chi connectivity index (χ3v) is 4.69. The first kappa shape index (κ1) is 21.4. The van der Waals surface area contributed by atoms with E-state index < -0.39 is 24.3 Å². The Labute approximate surface area is 171 Å². The van der Waals surface area contributed by atoms with E-state index in [1.165, 1.54) is 7.05 Å². The van der Waals surface area contributed by atoms with E-state index in [1.807, 2.05) is 30.3 Å². The minimum atomic E-state index is -5.21. The standard InChI is InChI=1S/C21H20F3N3O3/c1-26-18(28)17(15-10-6-3-7-11-15)16(13-12-14-8-4-2-5-9-14)27(20(26)25)30-19(29)21(22,23)24/h2-11,20H,12-13,25H2,1H3. The molecule has 0 fully saturated rings. The normalized spacial score (nSPS) is 17.4. The molecule has 1 atom stereocenters. The summed E-state index contributed by atoms with van der Waals surface area (Å²) in [6.45, 7) is 0. The monoisotopic (exact) mass is 419 g/mol. The number of benzene rings is 2. The zero-order valence-corrected chi connectivity index (χ0v) is 16.1. The summed E-state index contributed by atoms with van der Waals surface area (Å²) in [6, 6.07) is 17.7. The van der Waals surface area contributed by atoms with E-state index >= 15 is 0 Å². The molecule has 30 heavy (non-hydrogen) atoms. The highest BCUT2D eigenvalue weighted by molar-refractivity contribution is 6.20. The molecular formula is C21H20F3N3O3. The summed E-state index contributed by atoms with van der Waals surface area (Å²) in [5, 5.41) is 0.683. The summed E-state index contributed by atoms with van der Waals surface area (Å²) < 4.78 is 38.6. The molecule has 0 saturated heterocycles. The van der Waals surface area contributed by atoms with Crippen LogP contribution >= 0.6 is 0 Å². The topological polar surface area (TPSA) is 75.9 Å². The lowest BCUT2D eigenvalue weighted by Crippen LogP contribution is -2.59. The Morgan fingerprint density at radius 3 is 2.17 bits per heavy atom. The van der Waals surface area contributed by atoms with E-state index in [1.54, 1.807) is 30.3 Å². The van der Waals surface area contributed by atoms with Crippen LogP contribution in [-0.4, -0.2) is 41.4 Å². The number of halogens is 3. The molecule has 0 radical (unpaired) electrons. The van der Waals surface area contributed by atoms with Gasteiger partial charge in [-0.1, -0.05) is 60.7 Å². The number of alkyl halides is 3. The second-order valence-corrected chi connectivity index (χ2v) is 6.71. The summed E-state index contributed by atoms with van der Waals surface area (Å²) in [7, 11) is 1.33. The van der Waals surface area contributed by atoms with Gasteiger partial charge < -0.3 is 9.74 Å². The molecule has 1 aliphatic rings. The second kappa shape index (κ2) is 8.58. The quantitative estimate of drug-likeness (QED) is 0.806. The lowest BCUT2D eigenvalue weighted by Gasteiger charge is -2.41. The molecule has 0 bridgehead atoms. The van der Waals surface area contributed by atoms with Crippen molar-refractivity contribution in [3.63, 3.8) is 0 Å². The third kappa shape index (κ3) is 4.46. The molecule has 0 aliphatic carbocycles. The van der Waals surface area contributed by atoms with E-state index in [-0.39, 0.29) is 17.7 Å². The maximum Gasteiger partial charge on any atom is 0.493 e. The number of hydrogen-bond donors (Lipinski definition) is 1. The number of likely N-dealkylation sites (N-methyl/N-ethyl adjacent to an activating group) is 1. The molecular weight excluding hydrogens is 399 g/mol. The van der Waals surface area contributed by atoms with Gasteiger partial charge in [-0.25, -0.2) is 4.79 Å². The maximum atomic E-state index is 13.0. The van der Waals surface area contributed by atoms with Crippen LogP contribution in [0.4, 0.5) is 13.2 Å². The van der Waals surface area contributed by atoms with Crippen molar-refractivity contribution in [2.75, 3.05) is 7.05 Å². The molecule has 9 heteroatoms. The van der Waals surface area contributed by atoms with Crippen LogP contribution in [0.1, 0.15) is 17.5 Å². The molecule has 1 amide bonds. The third-order valence-electron chi connectivity index (χ3n) is 4.69. The molecule has 0 aromatic heterocycles. The van der Waals surface area contributed by atoms with Gasteiger partial charge in [0.25, 0.3) is 5.91 Å². The number of hydroxylamine groups is 2. The number of aryl methyl sites for hydroxylation is 1. The van der Waals surface area contributed by atoms with Gasteiger partial charge in [0.2, 0.25) is 0 Å². The molecule has 1 unspecified atom stereocenters. The fourth-order valence-corrected chi connectivity index (χ4v) is 3.13. The van der Waals surface area contributed by atoms with Gasteiger partial charge in [-0.2, -0.15) is 18.2 Å². The van der Waals surface area contributed by atoms with Crippen LogP contribution in [0.15, 0.2) is 66.4 Å². The van der Waals surface area contributed by atoms with E-state index in [0.717, 1.165) is 10.5 Å². The maximum absolute atomic E-state index is 13.0. The lowest BCUT2D eigenvalue weighted by atomic mass is 9.96. The minimum absolute atomic E-state index is 0.109. The van der Waals surface area contributed by atoms with Crippen molar-refractivity contribution in [1.82, 2.24) is 9.96 Å². The predicted molar refractivity (Wildman–Crippen MR) is 103 cm³/mol. The van der Waals surface area contributed by atoms with Gasteiger partial charge in [0.05, 0.1) is 11.3 Å². The van der Waals surface area contributed by atoms with Crippen molar-refractivity contribution in [2.24, 2.45) is 5.73 Å². The van der Waals surface area contributed by atoms with E-state index in [0.29, 0.717) is 17.0 Å². The zero-order chi connectivity index (χ0) is 21.9. The smallest absolute Gasteiger partial charge is 0.329 e. The average molecular weight is 419 g/mol. The van der Waals surface area contributed by atoms with Gasteiger partial charge in [-0.15, -0.1) is 0 Å². The van der Waals surface area contributed by atoms with Gasteiger partial charge >= 0.3 is 12.1 Å². The first-order valence-corrected chi connectivity index (χ1v) is 9.13. The summed E-state index contributed by atoms with van der Waals surface area (Å²) in [6.07, 6.45) is -6.08. The molecule has 1 heterocycles. The van der Waals surface area contributed by atoms with Gasteiger partial charge in [-0.3, -0.25) is 10.5 Å². The predicted octanol–water partition coefficient (Wildman–Crippen LogP) is 3.07. The van der Waals surface area contributed by atoms with Crippen molar-refractivity contribution in [1.29, 1.82) is 0 Å². The SMILES string of the molecule is CN1C(=O)C(c2ccccc2)=C(CCc2ccccc2)N(OC(=O)C(F)(F)F)C1N. The Morgan fingerprint density at radius 1 is 1.03 bits per heavy atom. The van der Waals surface area contributed by atoms with Crippen molar-refractivity contribution in [3.8, 4) is 0 Å². The number of nitrogens with two attached hydrogens (primary N) is 1. The fourth-order valence-electron chi connectivity index (χ4n) is 3.13. The van der Waals surface area contributed by atoms with Crippen molar-refractivity contribution >= 4 is 17.4 Å². The molecule has 2 aromatic rings. The number of carbonyl (C=O) groups is 2. The Bertz CT molecular complexity index is 946. The van der Waals surface area contributed by atoms with Crippen LogP contribution < -0.4 is 5.73 Å². The van der Waals surface area contributed by atoms with Crippen LogP contribution in [0.3, 0.4) is 0 Å². The van der Waals surface area contributed by atoms with Crippen molar-refractivity contribution in [2.45, 2.75) is 25.3 Å². The largest absolute Gasteiger partial charge is 0.493 e. The molecule has 3 rings (SSSR count). The Balaban J connectivity index is 2.07. The molecule has 2 aromatic carbocycles. The summed E-state index contributed by atoms with van der Waals surface area (Å²) in [5.41, 5.74) is 7.58. The number of rotatable bonds is 5. The van der Waals surface area contributed by atoms with Crippen LogP contribution in [0.5, 0.6) is 0 Å². The van der Waals surface area contributed by atoms with Gasteiger partial charge in [-0.05, 0) is 24.0 Å². The van der Waals surface area contributed by atoms with Gasteiger partial charge in [0.1, 0.15) is 0 Å².